The Morgan fingerprint density at radius 3 is 2.71 bits per heavy atom. The third kappa shape index (κ3) is 4.87. The molecule has 21 heavy (non-hydrogen) atoms. The number of aliphatic hydroxyl groups is 1. The lowest BCUT2D eigenvalue weighted by Gasteiger charge is -2.25. The van der Waals surface area contributed by atoms with Crippen molar-refractivity contribution in [2.45, 2.75) is 64.9 Å². The van der Waals surface area contributed by atoms with Gasteiger partial charge in [-0.1, -0.05) is 26.7 Å². The van der Waals surface area contributed by atoms with Crippen molar-refractivity contribution in [2.24, 2.45) is 16.8 Å². The summed E-state index contributed by atoms with van der Waals surface area (Å²) in [5, 5.41) is 13.9. The van der Waals surface area contributed by atoms with Gasteiger partial charge in [0.05, 0.1) is 12.1 Å². The molecule has 1 heterocycles. The summed E-state index contributed by atoms with van der Waals surface area (Å²) in [6.45, 7) is 10.4. The molecular formula is C17H33N3O. The fourth-order valence-corrected chi connectivity index (χ4v) is 3.72. The first-order valence-electron chi connectivity index (χ1n) is 8.78. The van der Waals surface area contributed by atoms with Crippen LogP contribution in [0.5, 0.6) is 0 Å². The highest BCUT2D eigenvalue weighted by Crippen LogP contribution is 2.30. The highest BCUT2D eigenvalue weighted by molar-refractivity contribution is 5.80. The standard InChI is InChI=1S/C17H33N3O/c1-4-18-16(19-13-17(21)8-5-6-9-17)20-10-7-15(12-20)11-14(2)3/h14-15,21H,4-13H2,1-3H3,(H,18,19). The lowest BCUT2D eigenvalue weighted by Crippen LogP contribution is -2.41. The molecule has 0 radical (unpaired) electrons. The Bertz CT molecular complexity index is 348. The molecule has 1 aliphatic heterocycles. The zero-order valence-electron chi connectivity index (χ0n) is 14.1. The molecule has 1 aliphatic carbocycles. The highest BCUT2D eigenvalue weighted by Gasteiger charge is 2.31. The van der Waals surface area contributed by atoms with Crippen molar-refractivity contribution >= 4 is 5.96 Å². The average Bonchev–Trinajstić information content (AvgIpc) is 3.04. The number of hydrogen-bond donors (Lipinski definition) is 2. The molecule has 1 saturated carbocycles. The smallest absolute Gasteiger partial charge is 0.194 e. The van der Waals surface area contributed by atoms with Crippen molar-refractivity contribution in [3.05, 3.63) is 0 Å². The number of rotatable bonds is 5. The van der Waals surface area contributed by atoms with Crippen LogP contribution in [0.15, 0.2) is 4.99 Å². The Balaban J connectivity index is 1.92. The fraction of sp³-hybridized carbons (Fsp3) is 0.941. The minimum Gasteiger partial charge on any atom is -0.388 e. The number of nitrogens with zero attached hydrogens (tertiary/aromatic N) is 2. The number of aliphatic imine (C=N–C) groups is 1. The summed E-state index contributed by atoms with van der Waals surface area (Å²) in [4.78, 5) is 7.13. The van der Waals surface area contributed by atoms with E-state index in [-0.39, 0.29) is 0 Å². The van der Waals surface area contributed by atoms with E-state index in [9.17, 15) is 5.11 Å². The van der Waals surface area contributed by atoms with Crippen LogP contribution in [0, 0.1) is 11.8 Å². The van der Waals surface area contributed by atoms with Gasteiger partial charge in [-0.2, -0.15) is 0 Å². The molecule has 2 N–H and O–H groups in total. The number of nitrogens with one attached hydrogen (secondary N) is 1. The normalized spacial score (nSPS) is 25.9. The number of hydrogen-bond acceptors (Lipinski definition) is 2. The molecule has 1 saturated heterocycles. The Morgan fingerprint density at radius 1 is 1.38 bits per heavy atom. The van der Waals surface area contributed by atoms with Crippen molar-refractivity contribution in [1.29, 1.82) is 0 Å². The Hall–Kier alpha value is -0.770. The molecule has 0 aromatic heterocycles. The predicted octanol–water partition coefficient (Wildman–Crippen LogP) is 2.63. The topological polar surface area (TPSA) is 47.9 Å². The third-order valence-electron chi connectivity index (χ3n) is 4.78. The first-order valence-corrected chi connectivity index (χ1v) is 8.78. The van der Waals surface area contributed by atoms with E-state index >= 15 is 0 Å². The molecule has 0 aromatic carbocycles. The van der Waals surface area contributed by atoms with E-state index in [4.69, 9.17) is 4.99 Å². The number of likely N-dealkylation sites (tertiary alicyclic amines) is 1. The van der Waals surface area contributed by atoms with Crippen LogP contribution in [0.3, 0.4) is 0 Å². The zero-order valence-corrected chi connectivity index (χ0v) is 14.1. The second-order valence-electron chi connectivity index (χ2n) is 7.33. The Labute approximate surface area is 130 Å². The molecule has 122 valence electrons. The summed E-state index contributed by atoms with van der Waals surface area (Å²) in [5.41, 5.74) is -0.544. The second kappa shape index (κ2) is 7.48. The van der Waals surface area contributed by atoms with Crippen LogP contribution in [-0.2, 0) is 0 Å². The maximum Gasteiger partial charge on any atom is 0.194 e. The Morgan fingerprint density at radius 2 is 2.10 bits per heavy atom. The van der Waals surface area contributed by atoms with Gasteiger partial charge in [-0.05, 0) is 44.4 Å². The summed E-state index contributed by atoms with van der Waals surface area (Å²) in [6.07, 6.45) is 6.68. The maximum atomic E-state index is 10.5. The van der Waals surface area contributed by atoms with Crippen molar-refractivity contribution in [3.63, 3.8) is 0 Å². The van der Waals surface area contributed by atoms with Gasteiger partial charge in [0.1, 0.15) is 0 Å². The monoisotopic (exact) mass is 295 g/mol. The number of guanidine groups is 1. The molecule has 2 rings (SSSR count). The molecule has 0 amide bonds. The minimum absolute atomic E-state index is 0.544. The third-order valence-corrected chi connectivity index (χ3v) is 4.78. The van der Waals surface area contributed by atoms with E-state index in [1.54, 1.807) is 0 Å². The predicted molar refractivity (Wildman–Crippen MR) is 88.5 cm³/mol. The van der Waals surface area contributed by atoms with Crippen LogP contribution in [0.1, 0.15) is 59.3 Å². The Kier molecular flexibility index (Phi) is 5.91. The fourth-order valence-electron chi connectivity index (χ4n) is 3.72. The van der Waals surface area contributed by atoms with Gasteiger partial charge in [0.25, 0.3) is 0 Å². The molecule has 0 bridgehead atoms. The SMILES string of the molecule is CCNC(=NCC1(O)CCCC1)N1CCC(CC(C)C)C1. The highest BCUT2D eigenvalue weighted by atomic mass is 16.3. The van der Waals surface area contributed by atoms with E-state index in [1.807, 2.05) is 0 Å². The lowest BCUT2D eigenvalue weighted by molar-refractivity contribution is 0.0572. The molecule has 0 spiro atoms. The van der Waals surface area contributed by atoms with Crippen LogP contribution >= 0.6 is 0 Å². The second-order valence-corrected chi connectivity index (χ2v) is 7.33. The molecule has 0 aromatic rings. The van der Waals surface area contributed by atoms with E-state index in [1.165, 1.54) is 12.8 Å². The lowest BCUT2D eigenvalue weighted by atomic mass is 9.97. The molecule has 2 aliphatic rings. The first-order chi connectivity index (χ1) is 10.0. The quantitative estimate of drug-likeness (QED) is 0.605. The maximum absolute atomic E-state index is 10.5. The molecule has 4 heteroatoms. The van der Waals surface area contributed by atoms with E-state index in [2.05, 4.69) is 31.0 Å². The average molecular weight is 295 g/mol. The van der Waals surface area contributed by atoms with Gasteiger partial charge in [0, 0.05) is 19.6 Å². The first kappa shape index (κ1) is 16.6. The minimum atomic E-state index is -0.544. The van der Waals surface area contributed by atoms with Crippen LogP contribution < -0.4 is 5.32 Å². The van der Waals surface area contributed by atoms with Gasteiger partial charge in [-0.25, -0.2) is 0 Å². The summed E-state index contributed by atoms with van der Waals surface area (Å²) in [6, 6.07) is 0. The van der Waals surface area contributed by atoms with Crippen molar-refractivity contribution < 1.29 is 5.11 Å². The van der Waals surface area contributed by atoms with Gasteiger partial charge in [0.2, 0.25) is 0 Å². The zero-order chi connectivity index (χ0) is 15.3. The van der Waals surface area contributed by atoms with Crippen molar-refractivity contribution in [2.75, 3.05) is 26.2 Å². The molecule has 1 atom stereocenters. The molecule has 4 nitrogen and oxygen atoms in total. The van der Waals surface area contributed by atoms with Crippen LogP contribution in [0.4, 0.5) is 0 Å². The summed E-state index contributed by atoms with van der Waals surface area (Å²) in [7, 11) is 0. The molecule has 2 fully saturated rings. The van der Waals surface area contributed by atoms with Gasteiger partial charge < -0.3 is 15.3 Å². The summed E-state index contributed by atoms with van der Waals surface area (Å²) < 4.78 is 0. The van der Waals surface area contributed by atoms with Crippen LogP contribution in [0.2, 0.25) is 0 Å². The summed E-state index contributed by atoms with van der Waals surface area (Å²) >= 11 is 0. The van der Waals surface area contributed by atoms with E-state index in [0.29, 0.717) is 6.54 Å². The van der Waals surface area contributed by atoms with E-state index in [0.717, 1.165) is 63.1 Å². The van der Waals surface area contributed by atoms with Gasteiger partial charge in [-0.3, -0.25) is 4.99 Å². The molecular weight excluding hydrogens is 262 g/mol. The summed E-state index contributed by atoms with van der Waals surface area (Å²) in [5.74, 6) is 2.57. The largest absolute Gasteiger partial charge is 0.388 e. The van der Waals surface area contributed by atoms with Gasteiger partial charge in [-0.15, -0.1) is 0 Å². The van der Waals surface area contributed by atoms with Gasteiger partial charge >= 0.3 is 0 Å². The van der Waals surface area contributed by atoms with Crippen molar-refractivity contribution in [3.8, 4) is 0 Å². The van der Waals surface area contributed by atoms with E-state index < -0.39 is 5.60 Å². The van der Waals surface area contributed by atoms with Crippen LogP contribution in [-0.4, -0.2) is 47.7 Å². The van der Waals surface area contributed by atoms with Crippen molar-refractivity contribution in [1.82, 2.24) is 10.2 Å². The van der Waals surface area contributed by atoms with Crippen LogP contribution in [0.25, 0.3) is 0 Å². The van der Waals surface area contributed by atoms with Gasteiger partial charge in [0.15, 0.2) is 5.96 Å². The molecule has 1 unspecified atom stereocenters.